The molecule has 0 radical (unpaired) electrons. The minimum atomic E-state index is -0.637. The third kappa shape index (κ3) is 4.10. The van der Waals surface area contributed by atoms with Crippen LogP contribution in [0.2, 0.25) is 0 Å². The zero-order valence-electron chi connectivity index (χ0n) is 14.7. The third-order valence-corrected chi connectivity index (χ3v) is 4.87. The van der Waals surface area contributed by atoms with Gasteiger partial charge in [0, 0.05) is 42.3 Å². The van der Waals surface area contributed by atoms with E-state index in [9.17, 15) is 10.1 Å². The van der Waals surface area contributed by atoms with Crippen molar-refractivity contribution in [3.05, 3.63) is 71.4 Å². The van der Waals surface area contributed by atoms with Crippen molar-refractivity contribution in [3.63, 3.8) is 0 Å². The van der Waals surface area contributed by atoms with Crippen molar-refractivity contribution in [2.45, 2.75) is 6.04 Å². The van der Waals surface area contributed by atoms with Gasteiger partial charge in [-0.2, -0.15) is 5.26 Å². The number of hydrogen-bond donors (Lipinski definition) is 0. The molecular formula is C21H19Cl2N3O. The Kier molecular flexibility index (Phi) is 6.39. The molecule has 0 saturated carbocycles. The quantitative estimate of drug-likeness (QED) is 0.663. The summed E-state index contributed by atoms with van der Waals surface area (Å²) in [6.45, 7) is 1.37. The summed E-state index contributed by atoms with van der Waals surface area (Å²) < 4.78 is 0. The van der Waals surface area contributed by atoms with E-state index in [1.807, 2.05) is 42.5 Å². The van der Waals surface area contributed by atoms with E-state index in [0.29, 0.717) is 30.4 Å². The van der Waals surface area contributed by atoms with Gasteiger partial charge in [-0.15, -0.1) is 23.2 Å². The minimum absolute atomic E-state index is 0.208. The van der Waals surface area contributed by atoms with E-state index in [1.54, 1.807) is 18.3 Å². The molecule has 1 heterocycles. The Labute approximate surface area is 169 Å². The van der Waals surface area contributed by atoms with E-state index < -0.39 is 6.04 Å². The Bertz CT molecular complexity index is 868. The Morgan fingerprint density at radius 2 is 1.74 bits per heavy atom. The molecule has 0 aromatic heterocycles. The predicted molar refractivity (Wildman–Crippen MR) is 110 cm³/mol. The molecular weight excluding hydrogens is 381 g/mol. The molecule has 6 heteroatoms. The van der Waals surface area contributed by atoms with Crippen molar-refractivity contribution in [3.8, 4) is 6.07 Å². The Hall–Kier alpha value is -2.48. The predicted octanol–water partition coefficient (Wildman–Crippen LogP) is 4.66. The molecule has 1 aliphatic rings. The number of anilines is 1. The summed E-state index contributed by atoms with van der Waals surface area (Å²) in [6, 6.07) is 16.5. The number of amides is 1. The SMILES string of the molecule is N#C[C@@H]1c2ccccc2C=CN1C(=O)c1ccc(N(CCCl)CCCl)cc1. The maximum atomic E-state index is 13.0. The number of rotatable bonds is 6. The van der Waals surface area contributed by atoms with Gasteiger partial charge >= 0.3 is 0 Å². The second-order valence-corrected chi connectivity index (χ2v) is 6.86. The summed E-state index contributed by atoms with van der Waals surface area (Å²) in [4.78, 5) is 16.5. The number of benzene rings is 2. The van der Waals surface area contributed by atoms with Gasteiger partial charge in [-0.25, -0.2) is 0 Å². The number of nitrogens with zero attached hydrogens (tertiary/aromatic N) is 3. The summed E-state index contributed by atoms with van der Waals surface area (Å²) >= 11 is 11.7. The monoisotopic (exact) mass is 399 g/mol. The van der Waals surface area contributed by atoms with Crippen LogP contribution in [0.25, 0.3) is 6.08 Å². The van der Waals surface area contributed by atoms with Crippen LogP contribution in [0.3, 0.4) is 0 Å². The molecule has 3 rings (SSSR count). The summed E-state index contributed by atoms with van der Waals surface area (Å²) in [5, 5.41) is 9.63. The maximum Gasteiger partial charge on any atom is 0.259 e. The Morgan fingerprint density at radius 3 is 2.37 bits per heavy atom. The molecule has 0 aliphatic carbocycles. The van der Waals surface area contributed by atoms with Crippen LogP contribution in [0.4, 0.5) is 5.69 Å². The molecule has 0 bridgehead atoms. The van der Waals surface area contributed by atoms with Crippen molar-refractivity contribution in [2.75, 3.05) is 29.7 Å². The number of nitriles is 1. The van der Waals surface area contributed by atoms with Crippen molar-refractivity contribution in [1.29, 1.82) is 5.26 Å². The number of fused-ring (bicyclic) bond motifs is 1. The smallest absolute Gasteiger partial charge is 0.259 e. The van der Waals surface area contributed by atoms with Crippen LogP contribution in [0.1, 0.15) is 27.5 Å². The van der Waals surface area contributed by atoms with E-state index in [2.05, 4.69) is 11.0 Å². The fourth-order valence-corrected chi connectivity index (χ4v) is 3.57. The second-order valence-electron chi connectivity index (χ2n) is 6.10. The third-order valence-electron chi connectivity index (χ3n) is 4.53. The Morgan fingerprint density at radius 1 is 1.07 bits per heavy atom. The van der Waals surface area contributed by atoms with Crippen molar-refractivity contribution < 1.29 is 4.79 Å². The first-order valence-corrected chi connectivity index (χ1v) is 9.73. The van der Waals surface area contributed by atoms with Crippen LogP contribution in [0, 0.1) is 11.3 Å². The zero-order valence-corrected chi connectivity index (χ0v) is 16.2. The van der Waals surface area contributed by atoms with Gasteiger partial charge in [-0.05, 0) is 41.5 Å². The van der Waals surface area contributed by atoms with Crippen LogP contribution >= 0.6 is 23.2 Å². The number of alkyl halides is 2. The average Bonchev–Trinajstić information content (AvgIpc) is 2.72. The number of halogens is 2. The number of carbonyl (C=O) groups is 1. The van der Waals surface area contributed by atoms with Crippen molar-refractivity contribution >= 4 is 40.9 Å². The highest BCUT2D eigenvalue weighted by Crippen LogP contribution is 2.31. The lowest BCUT2D eigenvalue weighted by Crippen LogP contribution is -2.32. The van der Waals surface area contributed by atoms with E-state index in [1.165, 1.54) is 4.90 Å². The minimum Gasteiger partial charge on any atom is -0.369 e. The van der Waals surface area contributed by atoms with Crippen LogP contribution < -0.4 is 4.90 Å². The van der Waals surface area contributed by atoms with Crippen molar-refractivity contribution in [2.24, 2.45) is 0 Å². The highest BCUT2D eigenvalue weighted by Gasteiger charge is 2.28. The molecule has 0 N–H and O–H groups in total. The lowest BCUT2D eigenvalue weighted by atomic mass is 9.96. The molecule has 27 heavy (non-hydrogen) atoms. The van der Waals surface area contributed by atoms with Gasteiger partial charge < -0.3 is 4.90 Å². The zero-order chi connectivity index (χ0) is 19.2. The summed E-state index contributed by atoms with van der Waals surface area (Å²) in [5.41, 5.74) is 3.29. The summed E-state index contributed by atoms with van der Waals surface area (Å²) in [7, 11) is 0. The van der Waals surface area contributed by atoms with Gasteiger partial charge in [0.2, 0.25) is 0 Å². The number of hydrogen-bond acceptors (Lipinski definition) is 3. The largest absolute Gasteiger partial charge is 0.369 e. The molecule has 2 aromatic carbocycles. The molecule has 0 saturated heterocycles. The van der Waals surface area contributed by atoms with Crippen LogP contribution in [-0.4, -0.2) is 35.7 Å². The first-order valence-electron chi connectivity index (χ1n) is 8.66. The van der Waals surface area contributed by atoms with Crippen molar-refractivity contribution in [1.82, 2.24) is 4.90 Å². The first-order chi connectivity index (χ1) is 13.2. The fourth-order valence-electron chi connectivity index (χ4n) is 3.16. The maximum absolute atomic E-state index is 13.0. The highest BCUT2D eigenvalue weighted by molar-refractivity contribution is 6.18. The topological polar surface area (TPSA) is 47.3 Å². The van der Waals surface area contributed by atoms with Gasteiger partial charge in [-0.3, -0.25) is 9.69 Å². The lowest BCUT2D eigenvalue weighted by Gasteiger charge is -2.29. The molecule has 0 fully saturated rings. The normalized spacial score (nSPS) is 15.1. The molecule has 1 amide bonds. The van der Waals surface area contributed by atoms with Gasteiger partial charge in [0.1, 0.15) is 6.04 Å². The van der Waals surface area contributed by atoms with Crippen LogP contribution in [0.5, 0.6) is 0 Å². The lowest BCUT2D eigenvalue weighted by molar-refractivity contribution is 0.0794. The van der Waals surface area contributed by atoms with E-state index in [-0.39, 0.29) is 5.91 Å². The van der Waals surface area contributed by atoms with E-state index >= 15 is 0 Å². The molecule has 2 aromatic rings. The fraction of sp³-hybridized carbons (Fsp3) is 0.238. The van der Waals surface area contributed by atoms with E-state index in [4.69, 9.17) is 23.2 Å². The van der Waals surface area contributed by atoms with Gasteiger partial charge in [0.15, 0.2) is 0 Å². The molecule has 0 spiro atoms. The molecule has 4 nitrogen and oxygen atoms in total. The van der Waals surface area contributed by atoms with Gasteiger partial charge in [0.25, 0.3) is 5.91 Å². The molecule has 1 atom stereocenters. The van der Waals surface area contributed by atoms with E-state index in [0.717, 1.165) is 16.8 Å². The number of carbonyl (C=O) groups excluding carboxylic acids is 1. The molecule has 0 unspecified atom stereocenters. The summed E-state index contributed by atoms with van der Waals surface area (Å²) in [6.07, 6.45) is 3.54. The summed E-state index contributed by atoms with van der Waals surface area (Å²) in [5.74, 6) is 0.791. The second kappa shape index (κ2) is 8.94. The Balaban J connectivity index is 1.83. The molecule has 1 aliphatic heterocycles. The molecule has 138 valence electrons. The van der Waals surface area contributed by atoms with Crippen LogP contribution in [0.15, 0.2) is 54.7 Å². The van der Waals surface area contributed by atoms with Gasteiger partial charge in [-0.1, -0.05) is 24.3 Å². The van der Waals surface area contributed by atoms with Gasteiger partial charge in [0.05, 0.1) is 6.07 Å². The standard InChI is InChI=1S/C21H19Cl2N3O/c22-10-13-25(14-11-23)18-7-5-17(6-8-18)21(27)26-12-9-16-3-1-2-4-19(16)20(26)15-24/h1-9,12,20H,10-11,13-14H2/t20-/m1/s1. The first kappa shape index (κ1) is 19.3. The van der Waals surface area contributed by atoms with Crippen LogP contribution in [-0.2, 0) is 0 Å². The average molecular weight is 400 g/mol. The highest BCUT2D eigenvalue weighted by atomic mass is 35.5.